The van der Waals surface area contributed by atoms with Crippen LogP contribution in [0.5, 0.6) is 0 Å². The van der Waals surface area contributed by atoms with Crippen LogP contribution >= 0.6 is 0 Å². The van der Waals surface area contributed by atoms with Crippen LogP contribution in [0.3, 0.4) is 0 Å². The summed E-state index contributed by atoms with van der Waals surface area (Å²) in [4.78, 5) is 0. The van der Waals surface area contributed by atoms with Gasteiger partial charge in [-0.2, -0.15) is 0 Å². The molecule has 0 aromatic carbocycles. The molecule has 4 aliphatic rings. The molecule has 7 N–H and O–H groups in total. The van der Waals surface area contributed by atoms with Gasteiger partial charge in [0.15, 0.2) is 6.29 Å². The van der Waals surface area contributed by atoms with E-state index in [-0.39, 0.29) is 0 Å². The molecular formula is C15H22O11. The van der Waals surface area contributed by atoms with Crippen molar-refractivity contribution < 1.29 is 54.7 Å². The molecule has 11 atom stereocenters. The van der Waals surface area contributed by atoms with Gasteiger partial charge in [-0.15, -0.1) is 0 Å². The Kier molecular flexibility index (Phi) is 4.32. The van der Waals surface area contributed by atoms with E-state index in [1.54, 1.807) is 0 Å². The van der Waals surface area contributed by atoms with Gasteiger partial charge in [0.05, 0.1) is 25.4 Å². The highest BCUT2D eigenvalue weighted by molar-refractivity contribution is 5.32. The van der Waals surface area contributed by atoms with E-state index in [9.17, 15) is 35.7 Å². The van der Waals surface area contributed by atoms with Crippen molar-refractivity contribution in [3.63, 3.8) is 0 Å². The summed E-state index contributed by atoms with van der Waals surface area (Å²) in [6.07, 6.45) is -8.62. The van der Waals surface area contributed by atoms with Crippen molar-refractivity contribution in [3.05, 3.63) is 12.3 Å². The minimum atomic E-state index is -1.79. The third-order valence-corrected chi connectivity index (χ3v) is 5.74. The Morgan fingerprint density at radius 1 is 1.00 bits per heavy atom. The zero-order valence-corrected chi connectivity index (χ0v) is 13.5. The van der Waals surface area contributed by atoms with Gasteiger partial charge < -0.3 is 54.7 Å². The zero-order valence-electron chi connectivity index (χ0n) is 13.5. The number of aliphatic hydroxyl groups is 7. The predicted molar refractivity (Wildman–Crippen MR) is 78.0 cm³/mol. The van der Waals surface area contributed by atoms with Crippen LogP contribution in [0.4, 0.5) is 0 Å². The first-order chi connectivity index (χ1) is 12.3. The molecular weight excluding hydrogens is 356 g/mol. The Balaban J connectivity index is 1.57. The van der Waals surface area contributed by atoms with E-state index in [4.69, 9.17) is 18.9 Å². The Bertz CT molecular complexity index is 584. The second-order valence-corrected chi connectivity index (χ2v) is 7.10. The molecule has 0 aromatic rings. The zero-order chi connectivity index (χ0) is 18.9. The topological polar surface area (TPSA) is 182 Å². The van der Waals surface area contributed by atoms with Gasteiger partial charge in [0.25, 0.3) is 0 Å². The normalized spacial score (nSPS) is 58.0. The highest BCUT2D eigenvalue weighted by Gasteiger charge is 2.81. The van der Waals surface area contributed by atoms with E-state index in [0.29, 0.717) is 0 Å². The second kappa shape index (κ2) is 6.07. The summed E-state index contributed by atoms with van der Waals surface area (Å²) in [5.41, 5.74) is -3.07. The minimum absolute atomic E-state index is 0.507. The molecule has 0 amide bonds. The van der Waals surface area contributed by atoms with E-state index in [2.05, 4.69) is 0 Å². The van der Waals surface area contributed by atoms with Gasteiger partial charge in [-0.1, -0.05) is 0 Å². The first-order valence-electron chi connectivity index (χ1n) is 8.28. The molecule has 0 aromatic heterocycles. The standard InChI is InChI=1S/C15H22O11/c16-3-5-6(18)7(19)8(20)12(24-5)25-13-9-14(22,1-2-23-13)10(21)11-15(9,4-17)26-11/h1-2,5-13,16-22H,3-4H2. The lowest BCUT2D eigenvalue weighted by Crippen LogP contribution is -2.62. The van der Waals surface area contributed by atoms with Crippen molar-refractivity contribution in [2.45, 2.75) is 60.4 Å². The molecule has 3 aliphatic heterocycles. The summed E-state index contributed by atoms with van der Waals surface area (Å²) >= 11 is 0. The summed E-state index contributed by atoms with van der Waals surface area (Å²) in [7, 11) is 0. The van der Waals surface area contributed by atoms with Gasteiger partial charge in [-0.25, -0.2) is 0 Å². The summed E-state index contributed by atoms with van der Waals surface area (Å²) < 4.78 is 21.6. The average molecular weight is 378 g/mol. The van der Waals surface area contributed by atoms with Gasteiger partial charge in [-0.3, -0.25) is 0 Å². The highest BCUT2D eigenvalue weighted by Crippen LogP contribution is 2.61. The smallest absolute Gasteiger partial charge is 0.210 e. The van der Waals surface area contributed by atoms with E-state index in [0.717, 1.165) is 6.26 Å². The van der Waals surface area contributed by atoms with Crippen LogP contribution in [0.1, 0.15) is 0 Å². The van der Waals surface area contributed by atoms with Gasteiger partial charge >= 0.3 is 0 Å². The summed E-state index contributed by atoms with van der Waals surface area (Å²) in [6.45, 7) is -1.14. The monoisotopic (exact) mass is 378 g/mol. The molecule has 0 spiro atoms. The Labute approximate surface area is 147 Å². The van der Waals surface area contributed by atoms with Crippen LogP contribution in [0.15, 0.2) is 12.3 Å². The van der Waals surface area contributed by atoms with Crippen molar-refractivity contribution in [1.29, 1.82) is 0 Å². The average Bonchev–Trinajstić information content (AvgIpc) is 3.32. The number of rotatable bonds is 4. The van der Waals surface area contributed by atoms with Crippen molar-refractivity contribution >= 4 is 0 Å². The number of hydrogen-bond acceptors (Lipinski definition) is 11. The largest absolute Gasteiger partial charge is 0.472 e. The van der Waals surface area contributed by atoms with E-state index < -0.39 is 79.5 Å². The van der Waals surface area contributed by atoms with Gasteiger partial charge in [0, 0.05) is 0 Å². The molecule has 0 bridgehead atoms. The fraction of sp³-hybridized carbons (Fsp3) is 0.867. The van der Waals surface area contributed by atoms with E-state index in [1.165, 1.54) is 6.08 Å². The molecule has 1 aliphatic carbocycles. The first kappa shape index (κ1) is 18.5. The molecule has 3 heterocycles. The Morgan fingerprint density at radius 3 is 2.38 bits per heavy atom. The second-order valence-electron chi connectivity index (χ2n) is 7.10. The summed E-state index contributed by atoms with van der Waals surface area (Å²) in [5.74, 6) is -1.04. The lowest BCUT2D eigenvalue weighted by molar-refractivity contribution is -0.350. The summed E-state index contributed by atoms with van der Waals surface area (Å²) in [6, 6.07) is 0. The van der Waals surface area contributed by atoms with Crippen LogP contribution in [0.25, 0.3) is 0 Å². The van der Waals surface area contributed by atoms with Crippen molar-refractivity contribution in [1.82, 2.24) is 0 Å². The van der Waals surface area contributed by atoms with Gasteiger partial charge in [0.1, 0.15) is 47.8 Å². The molecule has 11 nitrogen and oxygen atoms in total. The maximum absolute atomic E-state index is 10.8. The van der Waals surface area contributed by atoms with Crippen LogP contribution in [0.2, 0.25) is 0 Å². The molecule has 2 saturated heterocycles. The van der Waals surface area contributed by atoms with Crippen LogP contribution in [-0.4, -0.2) is 109 Å². The quantitative estimate of drug-likeness (QED) is 0.234. The van der Waals surface area contributed by atoms with Gasteiger partial charge in [-0.05, 0) is 6.08 Å². The molecule has 3 fully saturated rings. The van der Waals surface area contributed by atoms with Crippen LogP contribution in [-0.2, 0) is 18.9 Å². The predicted octanol–water partition coefficient (Wildman–Crippen LogP) is -4.48. The molecule has 11 unspecified atom stereocenters. The maximum Gasteiger partial charge on any atom is 0.210 e. The van der Waals surface area contributed by atoms with Gasteiger partial charge in [0.2, 0.25) is 6.29 Å². The molecule has 26 heavy (non-hydrogen) atoms. The SMILES string of the molecule is OCC1OC(OC2OC=CC3(O)C(O)C4OC4(CO)C23)C(O)C(O)C1O. The maximum atomic E-state index is 10.8. The number of fused-ring (bicyclic) bond motifs is 3. The van der Waals surface area contributed by atoms with Crippen LogP contribution < -0.4 is 0 Å². The third-order valence-electron chi connectivity index (χ3n) is 5.74. The third kappa shape index (κ3) is 2.31. The molecule has 11 heteroatoms. The number of ether oxygens (including phenoxy) is 4. The lowest BCUT2D eigenvalue weighted by atomic mass is 9.81. The molecule has 0 radical (unpaired) electrons. The fourth-order valence-corrected chi connectivity index (χ4v) is 4.21. The number of hydrogen-bond donors (Lipinski definition) is 7. The van der Waals surface area contributed by atoms with Crippen molar-refractivity contribution in [3.8, 4) is 0 Å². The number of aliphatic hydroxyl groups excluding tert-OH is 6. The van der Waals surface area contributed by atoms with E-state index >= 15 is 0 Å². The highest BCUT2D eigenvalue weighted by atomic mass is 16.8. The molecule has 148 valence electrons. The first-order valence-corrected chi connectivity index (χ1v) is 8.28. The van der Waals surface area contributed by atoms with Crippen LogP contribution in [0, 0.1) is 5.92 Å². The van der Waals surface area contributed by atoms with Crippen molar-refractivity contribution in [2.24, 2.45) is 5.92 Å². The molecule has 4 rings (SSSR count). The fourth-order valence-electron chi connectivity index (χ4n) is 4.21. The minimum Gasteiger partial charge on any atom is -0.472 e. The molecule has 1 saturated carbocycles. The summed E-state index contributed by atoms with van der Waals surface area (Å²) in [5, 5.41) is 69.8. The Hall–Kier alpha value is -0.860. The Morgan fingerprint density at radius 2 is 1.73 bits per heavy atom. The number of epoxide rings is 1. The van der Waals surface area contributed by atoms with E-state index in [1.807, 2.05) is 0 Å². The lowest BCUT2D eigenvalue weighted by Gasteiger charge is -2.45. The van der Waals surface area contributed by atoms with Crippen molar-refractivity contribution in [2.75, 3.05) is 13.2 Å².